The van der Waals surface area contributed by atoms with Crippen molar-refractivity contribution in [1.29, 1.82) is 0 Å². The Morgan fingerprint density at radius 1 is 1.40 bits per heavy atom. The van der Waals surface area contributed by atoms with Gasteiger partial charge in [-0.05, 0) is 44.1 Å². The topological polar surface area (TPSA) is 58.5 Å². The van der Waals surface area contributed by atoms with Crippen molar-refractivity contribution in [3.63, 3.8) is 0 Å². The molecular formula is C15H23N3O2. The Labute approximate surface area is 120 Å². The van der Waals surface area contributed by atoms with E-state index in [9.17, 15) is 5.11 Å². The number of hydrogen-bond donors (Lipinski definition) is 1. The number of aromatic nitrogens is 2. The summed E-state index contributed by atoms with van der Waals surface area (Å²) < 4.78 is 5.52. The Hall–Kier alpha value is -1.20. The van der Waals surface area contributed by atoms with Gasteiger partial charge in [-0.1, -0.05) is 0 Å². The number of piperidine rings is 1. The van der Waals surface area contributed by atoms with E-state index in [2.05, 4.69) is 14.9 Å². The molecule has 110 valence electrons. The lowest BCUT2D eigenvalue weighted by atomic mass is 9.72. The van der Waals surface area contributed by atoms with Crippen molar-refractivity contribution >= 4 is 5.82 Å². The third kappa shape index (κ3) is 2.65. The normalized spacial score (nSPS) is 25.9. The maximum atomic E-state index is 9.67. The monoisotopic (exact) mass is 277 g/mol. The Balaban J connectivity index is 1.85. The van der Waals surface area contributed by atoms with Crippen LogP contribution in [0.1, 0.15) is 31.5 Å². The molecule has 1 N–H and O–H groups in total. The summed E-state index contributed by atoms with van der Waals surface area (Å²) in [5.74, 6) is 1.73. The molecule has 0 bridgehead atoms. The predicted octanol–water partition coefficient (Wildman–Crippen LogP) is 1.54. The molecule has 1 spiro atoms. The zero-order valence-electron chi connectivity index (χ0n) is 12.1. The SMILES string of the molecule is Cc1nccc(N2CC3(CCOCC3)CCC2CO)n1. The van der Waals surface area contributed by atoms with Gasteiger partial charge in [0.15, 0.2) is 0 Å². The van der Waals surface area contributed by atoms with Gasteiger partial charge in [-0.25, -0.2) is 9.97 Å². The van der Waals surface area contributed by atoms with Crippen LogP contribution < -0.4 is 4.90 Å². The second-order valence-electron chi connectivity index (χ2n) is 6.08. The van der Waals surface area contributed by atoms with Gasteiger partial charge in [0, 0.05) is 26.0 Å². The maximum Gasteiger partial charge on any atom is 0.132 e. The summed E-state index contributed by atoms with van der Waals surface area (Å²) in [6, 6.07) is 2.13. The molecule has 0 amide bonds. The molecule has 2 aliphatic heterocycles. The van der Waals surface area contributed by atoms with E-state index in [4.69, 9.17) is 4.74 Å². The molecule has 5 nitrogen and oxygen atoms in total. The van der Waals surface area contributed by atoms with Crippen molar-refractivity contribution < 1.29 is 9.84 Å². The van der Waals surface area contributed by atoms with Crippen LogP contribution in [0.3, 0.4) is 0 Å². The number of aryl methyl sites for hydroxylation is 1. The second kappa shape index (κ2) is 5.66. The van der Waals surface area contributed by atoms with Crippen LogP contribution in [0, 0.1) is 12.3 Å². The number of anilines is 1. The van der Waals surface area contributed by atoms with Gasteiger partial charge in [-0.2, -0.15) is 0 Å². The first-order valence-electron chi connectivity index (χ1n) is 7.47. The Bertz CT molecular complexity index is 460. The summed E-state index contributed by atoms with van der Waals surface area (Å²) in [5.41, 5.74) is 0.336. The van der Waals surface area contributed by atoms with E-state index in [0.29, 0.717) is 5.41 Å². The third-order valence-electron chi connectivity index (χ3n) is 4.77. The van der Waals surface area contributed by atoms with E-state index < -0.39 is 0 Å². The van der Waals surface area contributed by atoms with E-state index in [1.54, 1.807) is 6.20 Å². The average molecular weight is 277 g/mol. The zero-order chi connectivity index (χ0) is 14.0. The molecule has 2 aliphatic rings. The fourth-order valence-electron chi connectivity index (χ4n) is 3.47. The molecule has 1 aromatic rings. The van der Waals surface area contributed by atoms with E-state index >= 15 is 0 Å². The van der Waals surface area contributed by atoms with Crippen LogP contribution in [0.4, 0.5) is 5.82 Å². The van der Waals surface area contributed by atoms with Gasteiger partial charge in [0.05, 0.1) is 12.6 Å². The molecule has 1 atom stereocenters. The van der Waals surface area contributed by atoms with Gasteiger partial charge >= 0.3 is 0 Å². The number of rotatable bonds is 2. The fourth-order valence-corrected chi connectivity index (χ4v) is 3.47. The highest BCUT2D eigenvalue weighted by atomic mass is 16.5. The van der Waals surface area contributed by atoms with Gasteiger partial charge in [0.25, 0.3) is 0 Å². The minimum Gasteiger partial charge on any atom is -0.394 e. The van der Waals surface area contributed by atoms with E-state index in [1.165, 1.54) is 6.42 Å². The van der Waals surface area contributed by atoms with Gasteiger partial charge in [0.1, 0.15) is 11.6 Å². The van der Waals surface area contributed by atoms with Crippen molar-refractivity contribution in [2.24, 2.45) is 5.41 Å². The molecule has 5 heteroatoms. The smallest absolute Gasteiger partial charge is 0.132 e. The average Bonchev–Trinajstić information content (AvgIpc) is 2.48. The highest BCUT2D eigenvalue weighted by Gasteiger charge is 2.40. The van der Waals surface area contributed by atoms with Crippen molar-refractivity contribution in [3.05, 3.63) is 18.1 Å². The van der Waals surface area contributed by atoms with Gasteiger partial charge in [-0.15, -0.1) is 0 Å². The number of ether oxygens (including phenoxy) is 1. The lowest BCUT2D eigenvalue weighted by Gasteiger charge is -2.48. The molecule has 3 rings (SSSR count). The third-order valence-corrected chi connectivity index (χ3v) is 4.77. The molecule has 0 saturated carbocycles. The van der Waals surface area contributed by atoms with Gasteiger partial charge in [0.2, 0.25) is 0 Å². The van der Waals surface area contributed by atoms with Crippen molar-refractivity contribution in [3.8, 4) is 0 Å². The summed E-state index contributed by atoms with van der Waals surface area (Å²) >= 11 is 0. The minimum atomic E-state index is 0.178. The minimum absolute atomic E-state index is 0.178. The van der Waals surface area contributed by atoms with Crippen LogP contribution in [0.15, 0.2) is 12.3 Å². The van der Waals surface area contributed by atoms with Crippen LogP contribution in [0.2, 0.25) is 0 Å². The quantitative estimate of drug-likeness (QED) is 0.888. The summed E-state index contributed by atoms with van der Waals surface area (Å²) in [4.78, 5) is 11.0. The van der Waals surface area contributed by atoms with E-state index in [0.717, 1.165) is 50.7 Å². The first-order valence-corrected chi connectivity index (χ1v) is 7.47. The molecule has 0 aromatic carbocycles. The molecule has 2 fully saturated rings. The second-order valence-corrected chi connectivity index (χ2v) is 6.08. The lowest BCUT2D eigenvalue weighted by molar-refractivity contribution is 0.000824. The molecule has 0 aliphatic carbocycles. The van der Waals surface area contributed by atoms with Crippen molar-refractivity contribution in [1.82, 2.24) is 9.97 Å². The largest absolute Gasteiger partial charge is 0.394 e. The number of aliphatic hydroxyl groups is 1. The Morgan fingerprint density at radius 3 is 2.90 bits per heavy atom. The molecule has 20 heavy (non-hydrogen) atoms. The van der Waals surface area contributed by atoms with Crippen LogP contribution in [-0.2, 0) is 4.74 Å². The molecule has 1 aromatic heterocycles. The van der Waals surface area contributed by atoms with Gasteiger partial charge < -0.3 is 14.7 Å². The number of hydrogen-bond acceptors (Lipinski definition) is 5. The van der Waals surface area contributed by atoms with Crippen LogP contribution in [0.5, 0.6) is 0 Å². The van der Waals surface area contributed by atoms with Crippen LogP contribution in [0.25, 0.3) is 0 Å². The van der Waals surface area contributed by atoms with E-state index in [-0.39, 0.29) is 12.6 Å². The summed E-state index contributed by atoms with van der Waals surface area (Å²) in [6.45, 7) is 4.79. The van der Waals surface area contributed by atoms with Crippen LogP contribution >= 0.6 is 0 Å². The molecule has 2 saturated heterocycles. The van der Waals surface area contributed by atoms with Crippen molar-refractivity contribution in [2.75, 3.05) is 31.3 Å². The predicted molar refractivity (Wildman–Crippen MR) is 76.7 cm³/mol. The fraction of sp³-hybridized carbons (Fsp3) is 0.733. The van der Waals surface area contributed by atoms with Crippen molar-refractivity contribution in [2.45, 2.75) is 38.6 Å². The van der Waals surface area contributed by atoms with E-state index in [1.807, 2.05) is 13.0 Å². The molecule has 3 heterocycles. The standard InChI is InChI=1S/C15H23N3O2/c1-12-16-7-3-14(17-12)18-11-15(4-2-13(18)10-19)5-8-20-9-6-15/h3,7,13,19H,2,4-6,8-11H2,1H3. The molecule has 0 radical (unpaired) electrons. The first kappa shape index (κ1) is 13.8. The molecule has 1 unspecified atom stereocenters. The Kier molecular flexibility index (Phi) is 3.89. The number of aliphatic hydroxyl groups excluding tert-OH is 1. The summed E-state index contributed by atoms with van der Waals surface area (Å²) in [5, 5.41) is 9.67. The van der Waals surface area contributed by atoms with Gasteiger partial charge in [-0.3, -0.25) is 0 Å². The highest BCUT2D eigenvalue weighted by Crippen LogP contribution is 2.42. The Morgan fingerprint density at radius 2 is 2.20 bits per heavy atom. The van der Waals surface area contributed by atoms with Crippen LogP contribution in [-0.4, -0.2) is 47.5 Å². The summed E-state index contributed by atoms with van der Waals surface area (Å²) in [6.07, 6.45) is 6.25. The lowest BCUT2D eigenvalue weighted by Crippen LogP contribution is -2.52. The maximum absolute atomic E-state index is 9.67. The first-order chi connectivity index (χ1) is 9.72. The summed E-state index contributed by atoms with van der Waals surface area (Å²) in [7, 11) is 0. The number of nitrogens with zero attached hydrogens (tertiary/aromatic N) is 3. The molecular weight excluding hydrogens is 254 g/mol. The zero-order valence-corrected chi connectivity index (χ0v) is 12.1. The highest BCUT2D eigenvalue weighted by molar-refractivity contribution is 5.40.